The van der Waals surface area contributed by atoms with E-state index in [4.69, 9.17) is 4.74 Å². The van der Waals surface area contributed by atoms with Gasteiger partial charge in [0.1, 0.15) is 4.21 Å². The van der Waals surface area contributed by atoms with Crippen LogP contribution < -0.4 is 4.72 Å². The van der Waals surface area contributed by atoms with Gasteiger partial charge in [0.2, 0.25) is 10.0 Å². The van der Waals surface area contributed by atoms with E-state index in [-0.39, 0.29) is 6.04 Å². The summed E-state index contributed by atoms with van der Waals surface area (Å²) in [6, 6.07) is 3.04. The largest absolute Gasteiger partial charge is 0.383 e. The third-order valence-electron chi connectivity index (χ3n) is 1.59. The number of nitrogens with one attached hydrogen (secondary N) is 1. The van der Waals surface area contributed by atoms with Crippen molar-refractivity contribution >= 4 is 37.3 Å². The Morgan fingerprint density at radius 1 is 1.60 bits per heavy atom. The van der Waals surface area contributed by atoms with Gasteiger partial charge in [-0.15, -0.1) is 11.3 Å². The second-order valence-corrected chi connectivity index (χ2v) is 7.44. The fourth-order valence-electron chi connectivity index (χ4n) is 1.05. The van der Waals surface area contributed by atoms with Crippen LogP contribution in [0.2, 0.25) is 0 Å². The van der Waals surface area contributed by atoms with E-state index in [1.54, 1.807) is 19.1 Å². The third-order valence-corrected chi connectivity index (χ3v) is 5.29. The average molecular weight is 314 g/mol. The van der Waals surface area contributed by atoms with E-state index >= 15 is 0 Å². The Bertz CT molecular complexity index is 415. The van der Waals surface area contributed by atoms with E-state index in [2.05, 4.69) is 20.7 Å². The quantitative estimate of drug-likeness (QED) is 0.902. The molecule has 0 bridgehead atoms. The molecule has 0 saturated carbocycles. The van der Waals surface area contributed by atoms with Gasteiger partial charge in [-0.25, -0.2) is 13.1 Å². The molecule has 0 fully saturated rings. The van der Waals surface area contributed by atoms with Crippen molar-refractivity contribution in [1.29, 1.82) is 0 Å². The summed E-state index contributed by atoms with van der Waals surface area (Å²) in [5.74, 6) is 0. The maximum Gasteiger partial charge on any atom is 0.250 e. The molecule has 0 aliphatic carbocycles. The summed E-state index contributed by atoms with van der Waals surface area (Å²) in [5.41, 5.74) is 0. The highest BCUT2D eigenvalue weighted by Gasteiger charge is 2.18. The molecule has 1 unspecified atom stereocenters. The van der Waals surface area contributed by atoms with Crippen LogP contribution >= 0.6 is 27.3 Å². The highest BCUT2D eigenvalue weighted by Crippen LogP contribution is 2.25. The zero-order valence-corrected chi connectivity index (χ0v) is 11.6. The normalized spacial score (nSPS) is 14.1. The van der Waals surface area contributed by atoms with E-state index < -0.39 is 10.0 Å². The number of methoxy groups -OCH3 is 1. The Labute approximate surface area is 102 Å². The lowest BCUT2D eigenvalue weighted by molar-refractivity contribution is 0.180. The molecule has 1 aromatic heterocycles. The van der Waals surface area contributed by atoms with Crippen LogP contribution in [-0.2, 0) is 14.8 Å². The summed E-state index contributed by atoms with van der Waals surface area (Å²) < 4.78 is 32.0. The van der Waals surface area contributed by atoms with Crippen LogP contribution in [0.4, 0.5) is 0 Å². The third kappa shape index (κ3) is 3.84. The molecule has 15 heavy (non-hydrogen) atoms. The summed E-state index contributed by atoms with van der Waals surface area (Å²) in [5, 5.41) is 0. The molecule has 7 heteroatoms. The van der Waals surface area contributed by atoms with Crippen LogP contribution in [0.5, 0.6) is 0 Å². The molecule has 1 aromatic rings. The van der Waals surface area contributed by atoms with Crippen LogP contribution in [0.1, 0.15) is 6.92 Å². The van der Waals surface area contributed by atoms with Crippen molar-refractivity contribution < 1.29 is 13.2 Å². The molecular formula is C8H12BrNO3S2. The Morgan fingerprint density at radius 2 is 2.27 bits per heavy atom. The van der Waals surface area contributed by atoms with Crippen molar-refractivity contribution in [2.75, 3.05) is 13.7 Å². The first-order valence-corrected chi connectivity index (χ1v) is 7.31. The molecule has 0 radical (unpaired) electrons. The Balaban J connectivity index is 2.76. The second kappa shape index (κ2) is 5.40. The van der Waals surface area contributed by atoms with Crippen LogP contribution in [-0.4, -0.2) is 28.2 Å². The maximum absolute atomic E-state index is 11.8. The second-order valence-electron chi connectivity index (χ2n) is 3.04. The van der Waals surface area contributed by atoms with E-state index in [0.29, 0.717) is 10.8 Å². The number of thiophene rings is 1. The van der Waals surface area contributed by atoms with Crippen molar-refractivity contribution in [3.8, 4) is 0 Å². The Morgan fingerprint density at radius 3 is 2.73 bits per heavy atom. The van der Waals surface area contributed by atoms with Gasteiger partial charge in [-0.3, -0.25) is 0 Å². The predicted octanol–water partition coefficient (Wildman–Crippen LogP) is 1.82. The van der Waals surface area contributed by atoms with Crippen LogP contribution in [0.15, 0.2) is 20.1 Å². The topological polar surface area (TPSA) is 55.4 Å². The van der Waals surface area contributed by atoms with Crippen molar-refractivity contribution in [1.82, 2.24) is 4.72 Å². The number of ether oxygens (including phenoxy) is 1. The van der Waals surface area contributed by atoms with Crippen LogP contribution in [0.25, 0.3) is 0 Å². The first-order chi connectivity index (χ1) is 6.95. The SMILES string of the molecule is COCC(C)NS(=O)(=O)c1ccc(Br)s1. The first kappa shape index (κ1) is 13.1. The molecule has 0 aliphatic heterocycles. The minimum Gasteiger partial charge on any atom is -0.383 e. The number of rotatable bonds is 5. The summed E-state index contributed by atoms with van der Waals surface area (Å²) in [6.45, 7) is 2.11. The van der Waals surface area contributed by atoms with Gasteiger partial charge in [0.15, 0.2) is 0 Å². The average Bonchev–Trinajstić information content (AvgIpc) is 2.51. The minimum absolute atomic E-state index is 0.235. The fraction of sp³-hybridized carbons (Fsp3) is 0.500. The standard InChI is InChI=1S/C8H12BrNO3S2/c1-6(5-13-2)10-15(11,12)8-4-3-7(9)14-8/h3-4,6,10H,5H2,1-2H3. The van der Waals surface area contributed by atoms with Gasteiger partial charge in [0.05, 0.1) is 10.4 Å². The van der Waals surface area contributed by atoms with Gasteiger partial charge in [0.25, 0.3) is 0 Å². The fourth-order valence-corrected chi connectivity index (χ4v) is 4.30. The van der Waals surface area contributed by atoms with Gasteiger partial charge in [-0.05, 0) is 35.0 Å². The lowest BCUT2D eigenvalue weighted by atomic mass is 10.4. The molecule has 0 saturated heterocycles. The molecule has 0 aliphatic rings. The Hall–Kier alpha value is 0.0500. The molecule has 0 aromatic carbocycles. The number of halogens is 1. The Kier molecular flexibility index (Phi) is 4.72. The van der Waals surface area contributed by atoms with Crippen molar-refractivity contribution in [3.63, 3.8) is 0 Å². The van der Waals surface area contributed by atoms with Gasteiger partial charge in [-0.2, -0.15) is 0 Å². The lowest BCUT2D eigenvalue weighted by Crippen LogP contribution is -2.35. The highest BCUT2D eigenvalue weighted by molar-refractivity contribution is 9.11. The predicted molar refractivity (Wildman–Crippen MR) is 63.7 cm³/mol. The number of hydrogen-bond acceptors (Lipinski definition) is 4. The lowest BCUT2D eigenvalue weighted by Gasteiger charge is -2.11. The molecule has 1 heterocycles. The van der Waals surface area contributed by atoms with Gasteiger partial charge >= 0.3 is 0 Å². The molecule has 1 N–H and O–H groups in total. The molecule has 86 valence electrons. The van der Waals surface area contributed by atoms with Crippen molar-refractivity contribution in [3.05, 3.63) is 15.9 Å². The van der Waals surface area contributed by atoms with Gasteiger partial charge < -0.3 is 4.74 Å². The van der Waals surface area contributed by atoms with Crippen LogP contribution in [0.3, 0.4) is 0 Å². The van der Waals surface area contributed by atoms with Gasteiger partial charge in [-0.1, -0.05) is 0 Å². The number of sulfonamides is 1. The maximum atomic E-state index is 11.8. The van der Waals surface area contributed by atoms with E-state index in [0.717, 1.165) is 3.79 Å². The molecule has 0 spiro atoms. The number of hydrogen-bond donors (Lipinski definition) is 1. The van der Waals surface area contributed by atoms with Crippen molar-refractivity contribution in [2.24, 2.45) is 0 Å². The van der Waals surface area contributed by atoms with E-state index in [1.165, 1.54) is 18.4 Å². The molecule has 1 rings (SSSR count). The van der Waals surface area contributed by atoms with E-state index in [1.807, 2.05) is 0 Å². The highest BCUT2D eigenvalue weighted by atomic mass is 79.9. The summed E-state index contributed by atoms with van der Waals surface area (Å²) in [7, 11) is -1.87. The van der Waals surface area contributed by atoms with E-state index in [9.17, 15) is 8.42 Å². The summed E-state index contributed by atoms with van der Waals surface area (Å²) >= 11 is 4.40. The minimum atomic E-state index is -3.40. The zero-order valence-electron chi connectivity index (χ0n) is 8.36. The smallest absolute Gasteiger partial charge is 0.250 e. The monoisotopic (exact) mass is 313 g/mol. The van der Waals surface area contributed by atoms with Crippen LogP contribution in [0, 0.1) is 0 Å². The molecular weight excluding hydrogens is 302 g/mol. The summed E-state index contributed by atoms with van der Waals surface area (Å²) in [6.07, 6.45) is 0. The molecule has 0 amide bonds. The van der Waals surface area contributed by atoms with Crippen molar-refractivity contribution in [2.45, 2.75) is 17.2 Å². The summed E-state index contributed by atoms with van der Waals surface area (Å²) in [4.78, 5) is 0. The molecule has 4 nitrogen and oxygen atoms in total. The first-order valence-electron chi connectivity index (χ1n) is 4.22. The van der Waals surface area contributed by atoms with Gasteiger partial charge in [0, 0.05) is 13.2 Å². The molecule has 1 atom stereocenters. The zero-order chi connectivity index (χ0) is 11.5.